The molecule has 1 aromatic carbocycles. The van der Waals surface area contributed by atoms with Crippen LogP contribution in [0.5, 0.6) is 0 Å². The Hall–Kier alpha value is -0.100. The second kappa shape index (κ2) is 7.48. The molecule has 1 rings (SSSR count). The van der Waals surface area contributed by atoms with E-state index in [9.17, 15) is 4.79 Å². The minimum absolute atomic E-state index is 0.0706. The fourth-order valence-electron chi connectivity index (χ4n) is 1.51. The number of methoxy groups -OCH3 is 1. The standard InChI is InChI=1S/C12H14Br2ClNO2/c1-16(6-10(14)7-18-2)12(17)8-3-9(13)5-11(15)4-8/h3-5,10H,6-7H2,1-2H3. The van der Waals surface area contributed by atoms with Crippen LogP contribution in [0, 0.1) is 0 Å². The van der Waals surface area contributed by atoms with Gasteiger partial charge >= 0.3 is 0 Å². The molecule has 6 heteroatoms. The zero-order valence-electron chi connectivity index (χ0n) is 10.1. The third kappa shape index (κ3) is 4.88. The van der Waals surface area contributed by atoms with Gasteiger partial charge in [0.15, 0.2) is 0 Å². The number of halogens is 3. The van der Waals surface area contributed by atoms with Gasteiger partial charge in [0.25, 0.3) is 5.91 Å². The first-order valence-corrected chi connectivity index (χ1v) is 7.37. The van der Waals surface area contributed by atoms with Crippen LogP contribution in [0.1, 0.15) is 10.4 Å². The van der Waals surface area contributed by atoms with E-state index in [2.05, 4.69) is 31.9 Å². The Balaban J connectivity index is 2.74. The number of hydrogen-bond acceptors (Lipinski definition) is 2. The molecule has 0 bridgehead atoms. The van der Waals surface area contributed by atoms with Crippen molar-refractivity contribution in [3.63, 3.8) is 0 Å². The predicted molar refractivity (Wildman–Crippen MR) is 80.7 cm³/mol. The average molecular weight is 400 g/mol. The first-order valence-electron chi connectivity index (χ1n) is 5.28. The highest BCUT2D eigenvalue weighted by Gasteiger charge is 2.16. The molecule has 0 fully saturated rings. The largest absolute Gasteiger partial charge is 0.383 e. The van der Waals surface area contributed by atoms with E-state index in [1.54, 1.807) is 37.3 Å². The highest BCUT2D eigenvalue weighted by Crippen LogP contribution is 2.20. The van der Waals surface area contributed by atoms with Crippen molar-refractivity contribution in [3.05, 3.63) is 33.3 Å². The van der Waals surface area contributed by atoms with E-state index in [0.29, 0.717) is 23.7 Å². The van der Waals surface area contributed by atoms with Gasteiger partial charge in [-0.05, 0) is 18.2 Å². The zero-order chi connectivity index (χ0) is 13.7. The molecule has 1 amide bonds. The topological polar surface area (TPSA) is 29.5 Å². The van der Waals surface area contributed by atoms with Crippen molar-refractivity contribution in [1.82, 2.24) is 4.90 Å². The quantitative estimate of drug-likeness (QED) is 0.709. The van der Waals surface area contributed by atoms with Gasteiger partial charge in [0.2, 0.25) is 0 Å². The lowest BCUT2D eigenvalue weighted by Crippen LogP contribution is -2.33. The molecule has 1 unspecified atom stereocenters. The summed E-state index contributed by atoms with van der Waals surface area (Å²) in [5.74, 6) is -0.0706. The number of rotatable bonds is 5. The van der Waals surface area contributed by atoms with Crippen LogP contribution in [0.3, 0.4) is 0 Å². The van der Waals surface area contributed by atoms with Gasteiger partial charge in [0.05, 0.1) is 11.4 Å². The molecule has 0 aromatic heterocycles. The number of amides is 1. The van der Waals surface area contributed by atoms with Crippen molar-refractivity contribution < 1.29 is 9.53 Å². The number of benzene rings is 1. The monoisotopic (exact) mass is 397 g/mol. The van der Waals surface area contributed by atoms with E-state index in [1.807, 2.05) is 0 Å². The van der Waals surface area contributed by atoms with E-state index in [4.69, 9.17) is 16.3 Å². The van der Waals surface area contributed by atoms with E-state index in [-0.39, 0.29) is 10.7 Å². The molecule has 0 saturated carbocycles. The van der Waals surface area contributed by atoms with Crippen molar-refractivity contribution in [3.8, 4) is 0 Å². The summed E-state index contributed by atoms with van der Waals surface area (Å²) >= 11 is 12.7. The lowest BCUT2D eigenvalue weighted by atomic mass is 10.2. The van der Waals surface area contributed by atoms with Gasteiger partial charge in [-0.1, -0.05) is 43.5 Å². The molecule has 0 spiro atoms. The number of ether oxygens (including phenoxy) is 1. The summed E-state index contributed by atoms with van der Waals surface area (Å²) < 4.78 is 5.81. The molecule has 0 radical (unpaired) electrons. The molecule has 1 aromatic rings. The minimum Gasteiger partial charge on any atom is -0.383 e. The number of carbonyl (C=O) groups excluding carboxylic acids is 1. The summed E-state index contributed by atoms with van der Waals surface area (Å²) in [6, 6.07) is 5.16. The Morgan fingerprint density at radius 1 is 1.50 bits per heavy atom. The molecule has 0 heterocycles. The van der Waals surface area contributed by atoms with Crippen molar-refractivity contribution in [2.24, 2.45) is 0 Å². The van der Waals surface area contributed by atoms with Gasteiger partial charge in [0.1, 0.15) is 0 Å². The van der Waals surface area contributed by atoms with E-state index < -0.39 is 0 Å². The number of alkyl halides is 1. The summed E-state index contributed by atoms with van der Waals surface area (Å²) in [7, 11) is 3.38. The van der Waals surface area contributed by atoms with E-state index in [0.717, 1.165) is 4.47 Å². The maximum absolute atomic E-state index is 12.2. The number of carbonyl (C=O) groups is 1. The predicted octanol–water partition coefficient (Wildman–Crippen LogP) is 3.58. The molecule has 100 valence electrons. The average Bonchev–Trinajstić information content (AvgIpc) is 2.26. The molecule has 0 aliphatic rings. The summed E-state index contributed by atoms with van der Waals surface area (Å²) in [6.45, 7) is 1.12. The molecule has 1 atom stereocenters. The Bertz CT molecular complexity index is 408. The smallest absolute Gasteiger partial charge is 0.253 e. The van der Waals surface area contributed by atoms with Crippen molar-refractivity contribution >= 4 is 49.4 Å². The summed E-state index contributed by atoms with van der Waals surface area (Å²) in [4.78, 5) is 13.9. The second-order valence-electron chi connectivity index (χ2n) is 3.90. The normalized spacial score (nSPS) is 12.3. The first kappa shape index (κ1) is 16.0. The fourth-order valence-corrected chi connectivity index (χ4v) is 3.07. The van der Waals surface area contributed by atoms with Crippen LogP contribution in [0.4, 0.5) is 0 Å². The van der Waals surface area contributed by atoms with Crippen LogP contribution in [0.25, 0.3) is 0 Å². The van der Waals surface area contributed by atoms with Gasteiger partial charge in [-0.25, -0.2) is 0 Å². The fraction of sp³-hybridized carbons (Fsp3) is 0.417. The van der Waals surface area contributed by atoms with Crippen molar-refractivity contribution in [1.29, 1.82) is 0 Å². The Morgan fingerprint density at radius 3 is 2.72 bits per heavy atom. The lowest BCUT2D eigenvalue weighted by Gasteiger charge is -2.20. The molecule has 0 saturated heterocycles. The highest BCUT2D eigenvalue weighted by atomic mass is 79.9. The molecule has 0 aliphatic carbocycles. The van der Waals surface area contributed by atoms with Crippen molar-refractivity contribution in [2.45, 2.75) is 4.83 Å². The summed E-state index contributed by atoms with van der Waals surface area (Å²) in [6.07, 6.45) is 0. The van der Waals surface area contributed by atoms with Crippen LogP contribution in [0.2, 0.25) is 5.02 Å². The number of hydrogen-bond donors (Lipinski definition) is 0. The van der Waals surface area contributed by atoms with E-state index in [1.165, 1.54) is 0 Å². The molecule has 18 heavy (non-hydrogen) atoms. The van der Waals surface area contributed by atoms with Crippen molar-refractivity contribution in [2.75, 3.05) is 27.3 Å². The Kier molecular flexibility index (Phi) is 6.63. The molecular formula is C12H14Br2ClNO2. The minimum atomic E-state index is -0.0706. The van der Waals surface area contributed by atoms with Crippen LogP contribution in [-0.4, -0.2) is 42.9 Å². The van der Waals surface area contributed by atoms with Crippen LogP contribution in [0.15, 0.2) is 22.7 Å². The van der Waals surface area contributed by atoms with E-state index >= 15 is 0 Å². The Labute approximate surface area is 129 Å². The van der Waals surface area contributed by atoms with Crippen LogP contribution in [-0.2, 0) is 4.74 Å². The third-order valence-electron chi connectivity index (χ3n) is 2.28. The van der Waals surface area contributed by atoms with Gasteiger partial charge in [0, 0.05) is 35.8 Å². The summed E-state index contributed by atoms with van der Waals surface area (Å²) in [5, 5.41) is 0.536. The molecule has 0 N–H and O–H groups in total. The van der Waals surface area contributed by atoms with Gasteiger partial charge in [-0.3, -0.25) is 4.79 Å². The number of nitrogens with zero attached hydrogens (tertiary/aromatic N) is 1. The first-order chi connectivity index (χ1) is 8.43. The van der Waals surface area contributed by atoms with Crippen LogP contribution >= 0.6 is 43.5 Å². The zero-order valence-corrected chi connectivity index (χ0v) is 14.0. The van der Waals surface area contributed by atoms with Gasteiger partial charge in [-0.15, -0.1) is 0 Å². The van der Waals surface area contributed by atoms with Gasteiger partial charge < -0.3 is 9.64 Å². The second-order valence-corrected chi connectivity index (χ2v) is 6.54. The third-order valence-corrected chi connectivity index (χ3v) is 3.51. The molecule has 0 aliphatic heterocycles. The highest BCUT2D eigenvalue weighted by molar-refractivity contribution is 9.10. The Morgan fingerprint density at radius 2 is 2.17 bits per heavy atom. The maximum Gasteiger partial charge on any atom is 0.253 e. The van der Waals surface area contributed by atoms with Gasteiger partial charge in [-0.2, -0.15) is 0 Å². The maximum atomic E-state index is 12.2. The SMILES string of the molecule is COCC(Br)CN(C)C(=O)c1cc(Cl)cc(Br)c1. The lowest BCUT2D eigenvalue weighted by molar-refractivity contribution is 0.0784. The summed E-state index contributed by atoms with van der Waals surface area (Å²) in [5.41, 5.74) is 0.564. The van der Waals surface area contributed by atoms with Crippen LogP contribution < -0.4 is 0 Å². The molecule has 3 nitrogen and oxygen atoms in total. The molecular weight excluding hydrogens is 385 g/mol.